The molecule has 0 radical (unpaired) electrons. The maximum absolute atomic E-state index is 12.4. The van der Waals surface area contributed by atoms with Crippen LogP contribution in [0.4, 0.5) is 0 Å². The van der Waals surface area contributed by atoms with Crippen LogP contribution in [0.25, 0.3) is 10.8 Å². The molecule has 2 rings (SSSR count). The third-order valence-electron chi connectivity index (χ3n) is 3.21. The molecule has 0 fully saturated rings. The van der Waals surface area contributed by atoms with E-state index < -0.39 is 17.6 Å². The second-order valence-corrected chi connectivity index (χ2v) is 4.33. The number of carboxylic acids is 1. The number of aliphatic carboxylic acids is 1. The summed E-state index contributed by atoms with van der Waals surface area (Å²) in [5.41, 5.74) is -0.394. The van der Waals surface area contributed by atoms with Crippen LogP contribution in [0.15, 0.2) is 29.2 Å². The van der Waals surface area contributed by atoms with Gasteiger partial charge < -0.3 is 19.1 Å². The van der Waals surface area contributed by atoms with Crippen molar-refractivity contribution in [2.75, 3.05) is 14.2 Å². The fourth-order valence-electron chi connectivity index (χ4n) is 2.02. The summed E-state index contributed by atoms with van der Waals surface area (Å²) < 4.78 is 11.5. The van der Waals surface area contributed by atoms with Gasteiger partial charge in [0.05, 0.1) is 19.6 Å². The van der Waals surface area contributed by atoms with Crippen LogP contribution in [-0.2, 0) is 4.79 Å². The van der Waals surface area contributed by atoms with Crippen molar-refractivity contribution < 1.29 is 19.4 Å². The number of nitrogens with zero attached hydrogens (tertiary/aromatic N) is 1. The number of benzene rings is 1. The third kappa shape index (κ3) is 2.20. The van der Waals surface area contributed by atoms with E-state index in [-0.39, 0.29) is 0 Å². The maximum Gasteiger partial charge on any atom is 0.326 e. The quantitative estimate of drug-likeness (QED) is 0.919. The largest absolute Gasteiger partial charge is 0.497 e. The van der Waals surface area contributed by atoms with Crippen LogP contribution in [0.5, 0.6) is 11.5 Å². The van der Waals surface area contributed by atoms with E-state index in [0.717, 1.165) is 0 Å². The van der Waals surface area contributed by atoms with Gasteiger partial charge in [-0.1, -0.05) is 0 Å². The van der Waals surface area contributed by atoms with Crippen molar-refractivity contribution in [1.29, 1.82) is 0 Å². The molecular weight excluding hydrogens is 262 g/mol. The number of fused-ring (bicyclic) bond motifs is 1. The molecule has 1 aromatic heterocycles. The first-order valence-corrected chi connectivity index (χ1v) is 5.99. The van der Waals surface area contributed by atoms with Crippen molar-refractivity contribution in [3.63, 3.8) is 0 Å². The smallest absolute Gasteiger partial charge is 0.326 e. The Balaban J connectivity index is 2.78. The lowest BCUT2D eigenvalue weighted by Gasteiger charge is -2.13. The molecule has 1 atom stereocenters. The highest BCUT2D eigenvalue weighted by atomic mass is 16.5. The molecule has 0 aliphatic rings. The van der Waals surface area contributed by atoms with Gasteiger partial charge in [-0.05, 0) is 19.1 Å². The lowest BCUT2D eigenvalue weighted by atomic mass is 10.1. The second-order valence-electron chi connectivity index (χ2n) is 4.33. The summed E-state index contributed by atoms with van der Waals surface area (Å²) >= 11 is 0. The van der Waals surface area contributed by atoms with Crippen LogP contribution in [0.1, 0.15) is 13.0 Å². The summed E-state index contributed by atoms with van der Waals surface area (Å²) in [5.74, 6) is -0.0833. The van der Waals surface area contributed by atoms with Crippen LogP contribution in [0.2, 0.25) is 0 Å². The van der Waals surface area contributed by atoms with Crippen LogP contribution < -0.4 is 15.0 Å². The van der Waals surface area contributed by atoms with Gasteiger partial charge in [-0.2, -0.15) is 0 Å². The average Bonchev–Trinajstić information content (AvgIpc) is 2.46. The number of ether oxygens (including phenoxy) is 2. The first kappa shape index (κ1) is 13.9. The topological polar surface area (TPSA) is 77.8 Å². The van der Waals surface area contributed by atoms with Gasteiger partial charge >= 0.3 is 5.97 Å². The van der Waals surface area contributed by atoms with Gasteiger partial charge in [-0.15, -0.1) is 0 Å². The summed E-state index contributed by atoms with van der Waals surface area (Å²) in [4.78, 5) is 23.4. The minimum atomic E-state index is -1.07. The first-order chi connectivity index (χ1) is 9.49. The zero-order chi connectivity index (χ0) is 14.9. The fourth-order valence-corrected chi connectivity index (χ4v) is 2.02. The van der Waals surface area contributed by atoms with E-state index in [9.17, 15) is 9.59 Å². The molecular formula is C14H15NO5. The highest BCUT2D eigenvalue weighted by Gasteiger charge is 2.17. The summed E-state index contributed by atoms with van der Waals surface area (Å²) in [5, 5.41) is 10.0. The number of hydrogen-bond donors (Lipinski definition) is 1. The number of hydrogen-bond acceptors (Lipinski definition) is 4. The van der Waals surface area contributed by atoms with E-state index in [1.807, 2.05) is 0 Å². The minimum absolute atomic E-state index is 0.358. The first-order valence-electron chi connectivity index (χ1n) is 5.99. The molecule has 0 saturated heterocycles. The Labute approximate surface area is 115 Å². The molecule has 6 heteroatoms. The van der Waals surface area contributed by atoms with Gasteiger partial charge in [0.2, 0.25) is 0 Å². The van der Waals surface area contributed by atoms with Crippen LogP contribution >= 0.6 is 0 Å². The molecule has 1 heterocycles. The van der Waals surface area contributed by atoms with Crippen molar-refractivity contribution in [3.8, 4) is 11.5 Å². The number of aromatic nitrogens is 1. The van der Waals surface area contributed by atoms with E-state index in [2.05, 4.69) is 0 Å². The Hall–Kier alpha value is -2.50. The molecule has 0 bridgehead atoms. The van der Waals surface area contributed by atoms with Gasteiger partial charge in [0.25, 0.3) is 5.56 Å². The molecule has 0 amide bonds. The average molecular weight is 277 g/mol. The van der Waals surface area contributed by atoms with E-state index in [1.54, 1.807) is 18.2 Å². The van der Waals surface area contributed by atoms with Crippen molar-refractivity contribution in [1.82, 2.24) is 4.57 Å². The molecule has 1 unspecified atom stereocenters. The Morgan fingerprint density at radius 1 is 1.25 bits per heavy atom. The molecule has 0 aliphatic carbocycles. The van der Waals surface area contributed by atoms with Crippen molar-refractivity contribution in [3.05, 3.63) is 34.7 Å². The van der Waals surface area contributed by atoms with E-state index in [4.69, 9.17) is 14.6 Å². The Bertz CT molecular complexity index is 719. The van der Waals surface area contributed by atoms with Crippen LogP contribution in [-0.4, -0.2) is 29.9 Å². The SMILES string of the molecule is COc1cc(OC)c2ccn(C(C)C(=O)O)c(=O)c2c1. The number of rotatable bonds is 4. The van der Waals surface area contributed by atoms with Gasteiger partial charge in [0, 0.05) is 17.6 Å². The van der Waals surface area contributed by atoms with Gasteiger partial charge in [-0.3, -0.25) is 4.79 Å². The molecule has 0 spiro atoms. The zero-order valence-corrected chi connectivity index (χ0v) is 11.4. The maximum atomic E-state index is 12.4. The van der Waals surface area contributed by atoms with E-state index in [0.29, 0.717) is 22.3 Å². The van der Waals surface area contributed by atoms with Crippen molar-refractivity contribution >= 4 is 16.7 Å². The minimum Gasteiger partial charge on any atom is -0.497 e. The molecule has 6 nitrogen and oxygen atoms in total. The van der Waals surface area contributed by atoms with E-state index in [1.165, 1.54) is 31.9 Å². The third-order valence-corrected chi connectivity index (χ3v) is 3.21. The lowest BCUT2D eigenvalue weighted by molar-refractivity contribution is -0.140. The van der Waals surface area contributed by atoms with Crippen LogP contribution in [0.3, 0.4) is 0 Å². The van der Waals surface area contributed by atoms with E-state index >= 15 is 0 Å². The lowest BCUT2D eigenvalue weighted by Crippen LogP contribution is -2.27. The summed E-state index contributed by atoms with van der Waals surface area (Å²) in [6.07, 6.45) is 1.46. The summed E-state index contributed by atoms with van der Waals surface area (Å²) in [7, 11) is 2.99. The predicted molar refractivity (Wildman–Crippen MR) is 73.7 cm³/mol. The summed E-state index contributed by atoms with van der Waals surface area (Å²) in [6.45, 7) is 1.45. The molecule has 0 aliphatic heterocycles. The van der Waals surface area contributed by atoms with Gasteiger partial charge in [-0.25, -0.2) is 4.79 Å². The number of methoxy groups -OCH3 is 2. The number of carboxylic acid groups (broad SMARTS) is 1. The molecule has 106 valence electrons. The molecule has 2 aromatic rings. The van der Waals surface area contributed by atoms with Crippen molar-refractivity contribution in [2.45, 2.75) is 13.0 Å². The normalized spacial score (nSPS) is 12.2. The predicted octanol–water partition coefficient (Wildman–Crippen LogP) is 1.66. The Kier molecular flexibility index (Phi) is 3.65. The number of pyridine rings is 1. The monoisotopic (exact) mass is 277 g/mol. The standard InChI is InChI=1S/C14H15NO5/c1-8(14(17)18)15-5-4-10-11(13(15)16)6-9(19-2)7-12(10)20-3/h4-8H,1-3H3,(H,17,18). The number of carbonyl (C=O) groups is 1. The summed E-state index contributed by atoms with van der Waals surface area (Å²) in [6, 6.07) is 3.97. The second kappa shape index (κ2) is 5.24. The fraction of sp³-hybridized carbons (Fsp3) is 0.286. The molecule has 1 aromatic carbocycles. The van der Waals surface area contributed by atoms with Crippen LogP contribution in [0, 0.1) is 0 Å². The highest BCUT2D eigenvalue weighted by Crippen LogP contribution is 2.29. The van der Waals surface area contributed by atoms with Gasteiger partial charge in [0.15, 0.2) is 0 Å². The molecule has 1 N–H and O–H groups in total. The highest BCUT2D eigenvalue weighted by molar-refractivity contribution is 5.89. The zero-order valence-electron chi connectivity index (χ0n) is 11.4. The molecule has 0 saturated carbocycles. The van der Waals surface area contributed by atoms with Gasteiger partial charge in [0.1, 0.15) is 17.5 Å². The van der Waals surface area contributed by atoms with Crippen molar-refractivity contribution in [2.24, 2.45) is 0 Å². The molecule has 20 heavy (non-hydrogen) atoms. The Morgan fingerprint density at radius 2 is 1.95 bits per heavy atom. The Morgan fingerprint density at radius 3 is 2.50 bits per heavy atom.